The van der Waals surface area contributed by atoms with Gasteiger partial charge in [0.25, 0.3) is 0 Å². The number of anilines is 1. The number of benzene rings is 2. The highest BCUT2D eigenvalue weighted by Gasteiger charge is 2.53. The van der Waals surface area contributed by atoms with Crippen molar-refractivity contribution in [3.05, 3.63) is 53.3 Å². The molecular formula is C28H33F4N3O3. The van der Waals surface area contributed by atoms with E-state index in [0.717, 1.165) is 44.4 Å². The number of nitrogens with one attached hydrogen (secondary N) is 2. The maximum atomic E-state index is 14.4. The molecule has 2 aromatic carbocycles. The SMILES string of the molecule is COc1ccc(C23CCC(NC(=O)Nc4cccc(C(F)(F)F)c4F)CC2N(C2CCC2)CC3)cc1OC. The number of likely N-dealkylation sites (tertiary alicyclic amines) is 1. The predicted molar refractivity (Wildman–Crippen MR) is 135 cm³/mol. The molecule has 3 fully saturated rings. The van der Waals surface area contributed by atoms with Crippen LogP contribution in [0.4, 0.5) is 28.0 Å². The van der Waals surface area contributed by atoms with Crippen LogP contribution in [0.15, 0.2) is 36.4 Å². The fourth-order valence-electron chi connectivity index (χ4n) is 6.54. The number of urea groups is 1. The number of fused-ring (bicyclic) bond motifs is 1. The fourth-order valence-corrected chi connectivity index (χ4v) is 6.54. The zero-order valence-electron chi connectivity index (χ0n) is 21.5. The van der Waals surface area contributed by atoms with Crippen LogP contribution in [0.1, 0.15) is 56.1 Å². The van der Waals surface area contributed by atoms with Gasteiger partial charge < -0.3 is 20.1 Å². The summed E-state index contributed by atoms with van der Waals surface area (Å²) in [6.07, 6.45) is 1.91. The van der Waals surface area contributed by atoms with Gasteiger partial charge in [-0.3, -0.25) is 4.90 Å². The highest BCUT2D eigenvalue weighted by atomic mass is 19.4. The van der Waals surface area contributed by atoms with Gasteiger partial charge in [0.15, 0.2) is 17.3 Å². The molecule has 2 N–H and O–H groups in total. The van der Waals surface area contributed by atoms with Crippen LogP contribution >= 0.6 is 0 Å². The van der Waals surface area contributed by atoms with E-state index in [2.05, 4.69) is 27.7 Å². The lowest BCUT2D eigenvalue weighted by molar-refractivity contribution is -0.139. The van der Waals surface area contributed by atoms with Crippen LogP contribution in [-0.2, 0) is 11.6 Å². The zero-order valence-corrected chi connectivity index (χ0v) is 21.5. The summed E-state index contributed by atoms with van der Waals surface area (Å²) in [5, 5.41) is 5.19. The first-order chi connectivity index (χ1) is 18.2. The molecule has 0 aromatic heterocycles. The van der Waals surface area contributed by atoms with E-state index in [1.807, 2.05) is 6.07 Å². The fraction of sp³-hybridized carbons (Fsp3) is 0.536. The van der Waals surface area contributed by atoms with E-state index in [9.17, 15) is 22.4 Å². The third-order valence-corrected chi connectivity index (χ3v) is 8.69. The van der Waals surface area contributed by atoms with Gasteiger partial charge >= 0.3 is 12.2 Å². The summed E-state index contributed by atoms with van der Waals surface area (Å²) >= 11 is 0. The van der Waals surface area contributed by atoms with Crippen molar-refractivity contribution >= 4 is 11.7 Å². The van der Waals surface area contributed by atoms with Gasteiger partial charge in [-0.15, -0.1) is 0 Å². The molecule has 0 spiro atoms. The Morgan fingerprint density at radius 2 is 1.82 bits per heavy atom. The molecule has 1 saturated heterocycles. The lowest BCUT2D eigenvalue weighted by Crippen LogP contribution is -2.55. The average Bonchev–Trinajstić information content (AvgIpc) is 3.22. The Labute approximate surface area is 219 Å². The Hall–Kier alpha value is -3.01. The maximum Gasteiger partial charge on any atom is 0.419 e. The first-order valence-corrected chi connectivity index (χ1v) is 13.1. The van der Waals surface area contributed by atoms with E-state index in [1.165, 1.54) is 12.0 Å². The number of rotatable bonds is 6. The minimum Gasteiger partial charge on any atom is -0.493 e. The normalized spacial score (nSPS) is 25.8. The molecule has 38 heavy (non-hydrogen) atoms. The van der Waals surface area contributed by atoms with Gasteiger partial charge in [0.1, 0.15) is 0 Å². The lowest BCUT2D eigenvalue weighted by atomic mass is 9.64. The number of ether oxygens (including phenoxy) is 2. The smallest absolute Gasteiger partial charge is 0.419 e. The van der Waals surface area contributed by atoms with E-state index in [4.69, 9.17) is 9.47 Å². The third kappa shape index (κ3) is 4.79. The van der Waals surface area contributed by atoms with E-state index < -0.39 is 29.3 Å². The molecule has 1 aliphatic heterocycles. The molecule has 6 nitrogen and oxygen atoms in total. The molecule has 3 atom stereocenters. The second kappa shape index (κ2) is 10.3. The molecule has 2 amide bonds. The van der Waals surface area contributed by atoms with Crippen LogP contribution in [0.25, 0.3) is 0 Å². The summed E-state index contributed by atoms with van der Waals surface area (Å²) in [7, 11) is 3.23. The number of nitrogens with zero attached hydrogens (tertiary/aromatic N) is 1. The number of halogens is 4. The first kappa shape index (κ1) is 26.6. The molecule has 3 aliphatic rings. The minimum atomic E-state index is -4.84. The van der Waals surface area contributed by atoms with Crippen molar-refractivity contribution in [2.45, 2.75) is 74.7 Å². The standard InChI is InChI=1S/C28H33F4N3O3/c1-37-22-10-9-17(15-23(22)38-2)27-12-11-18(16-24(27)35(14-13-27)19-5-3-6-19)33-26(36)34-21-8-4-7-20(25(21)29)28(30,31)32/h4,7-10,15,18-19,24H,3,5-6,11-14,16H2,1-2H3,(H2,33,34,36). The second-order valence-corrected chi connectivity index (χ2v) is 10.5. The Balaban J connectivity index is 1.34. The van der Waals surface area contributed by atoms with Crippen LogP contribution in [0.2, 0.25) is 0 Å². The molecule has 1 heterocycles. The minimum absolute atomic E-state index is 0.100. The molecule has 0 radical (unpaired) electrons. The molecule has 5 rings (SSSR count). The third-order valence-electron chi connectivity index (χ3n) is 8.69. The summed E-state index contributed by atoms with van der Waals surface area (Å²) in [6.45, 7) is 0.970. The van der Waals surface area contributed by atoms with Crippen molar-refractivity contribution in [2.24, 2.45) is 0 Å². The van der Waals surface area contributed by atoms with Gasteiger partial charge in [0, 0.05) is 23.5 Å². The summed E-state index contributed by atoms with van der Waals surface area (Å²) in [6, 6.07) is 8.78. The number of carbonyl (C=O) groups is 1. The van der Waals surface area contributed by atoms with Gasteiger partial charge in [-0.05, 0) is 74.9 Å². The number of hydrogen-bond acceptors (Lipinski definition) is 4. The van der Waals surface area contributed by atoms with Gasteiger partial charge in [-0.25, -0.2) is 9.18 Å². The van der Waals surface area contributed by atoms with Gasteiger partial charge in [0.05, 0.1) is 25.5 Å². The van der Waals surface area contributed by atoms with E-state index in [1.54, 1.807) is 14.2 Å². The van der Waals surface area contributed by atoms with Crippen LogP contribution in [0, 0.1) is 5.82 Å². The largest absolute Gasteiger partial charge is 0.493 e. The van der Waals surface area contributed by atoms with E-state index in [-0.39, 0.29) is 17.5 Å². The quantitative estimate of drug-likeness (QED) is 0.439. The Kier molecular flexibility index (Phi) is 7.19. The van der Waals surface area contributed by atoms with Gasteiger partial charge in [-0.1, -0.05) is 18.6 Å². The lowest BCUT2D eigenvalue weighted by Gasteiger charge is -2.48. The number of amides is 2. The zero-order chi connectivity index (χ0) is 27.1. The van der Waals surface area contributed by atoms with E-state index >= 15 is 0 Å². The molecule has 206 valence electrons. The molecule has 2 saturated carbocycles. The monoisotopic (exact) mass is 535 g/mol. The van der Waals surface area contributed by atoms with Crippen LogP contribution in [-0.4, -0.2) is 49.8 Å². The molecule has 2 aromatic rings. The number of hydrogen-bond donors (Lipinski definition) is 2. The van der Waals surface area contributed by atoms with Crippen LogP contribution in [0.5, 0.6) is 11.5 Å². The molecular weight excluding hydrogens is 502 g/mol. The number of carbonyl (C=O) groups excluding carboxylic acids is 1. The first-order valence-electron chi connectivity index (χ1n) is 13.1. The maximum absolute atomic E-state index is 14.4. The summed E-state index contributed by atoms with van der Waals surface area (Å²) in [5.41, 5.74) is -0.813. The molecule has 2 aliphatic carbocycles. The van der Waals surface area contributed by atoms with Crippen molar-refractivity contribution in [1.82, 2.24) is 10.2 Å². The Bertz CT molecular complexity index is 1190. The van der Waals surface area contributed by atoms with Crippen molar-refractivity contribution in [3.63, 3.8) is 0 Å². The van der Waals surface area contributed by atoms with Crippen LogP contribution < -0.4 is 20.1 Å². The predicted octanol–water partition coefficient (Wildman–Crippen LogP) is 6.10. The molecule has 3 unspecified atom stereocenters. The summed E-state index contributed by atoms with van der Waals surface area (Å²) < 4.78 is 64.7. The van der Waals surface area contributed by atoms with Crippen molar-refractivity contribution in [1.29, 1.82) is 0 Å². The molecule has 10 heteroatoms. The van der Waals surface area contributed by atoms with Gasteiger partial charge in [-0.2, -0.15) is 13.2 Å². The topological polar surface area (TPSA) is 62.8 Å². The van der Waals surface area contributed by atoms with Crippen molar-refractivity contribution < 1.29 is 31.8 Å². The summed E-state index contributed by atoms with van der Waals surface area (Å²) in [4.78, 5) is 15.3. The number of alkyl halides is 3. The second-order valence-electron chi connectivity index (χ2n) is 10.5. The Morgan fingerprint density at radius 1 is 1.05 bits per heavy atom. The number of methoxy groups -OCH3 is 2. The van der Waals surface area contributed by atoms with Crippen molar-refractivity contribution in [3.8, 4) is 11.5 Å². The highest BCUT2D eigenvalue weighted by Crippen LogP contribution is 2.52. The Morgan fingerprint density at radius 3 is 2.47 bits per heavy atom. The van der Waals surface area contributed by atoms with Gasteiger partial charge in [0.2, 0.25) is 0 Å². The van der Waals surface area contributed by atoms with E-state index in [0.29, 0.717) is 36.4 Å². The molecule has 0 bridgehead atoms. The van der Waals surface area contributed by atoms with Crippen LogP contribution in [0.3, 0.4) is 0 Å². The highest BCUT2D eigenvalue weighted by molar-refractivity contribution is 5.89. The average molecular weight is 536 g/mol. The van der Waals surface area contributed by atoms with Crippen molar-refractivity contribution in [2.75, 3.05) is 26.1 Å². The summed E-state index contributed by atoms with van der Waals surface area (Å²) in [5.74, 6) is -0.131.